The normalized spacial score (nSPS) is 21.0. The summed E-state index contributed by atoms with van der Waals surface area (Å²) in [6.45, 7) is 2.66. The molecule has 0 bridgehead atoms. The fourth-order valence-corrected chi connectivity index (χ4v) is 4.43. The molecule has 5 heterocycles. The molecule has 0 aromatic carbocycles. The second-order valence-electron chi connectivity index (χ2n) is 8.09. The monoisotopic (exact) mass is 411 g/mol. The number of rotatable bonds is 3. The molecule has 0 spiro atoms. The van der Waals surface area contributed by atoms with Crippen LogP contribution < -0.4 is 4.90 Å². The van der Waals surface area contributed by atoms with E-state index in [1.807, 2.05) is 40.7 Å². The molecular weight excluding hydrogens is 392 g/mol. The number of halogens is 2. The molecule has 0 amide bonds. The van der Waals surface area contributed by atoms with Crippen LogP contribution in [0.1, 0.15) is 53.3 Å². The lowest BCUT2D eigenvalue weighted by Gasteiger charge is -2.33. The summed E-state index contributed by atoms with van der Waals surface area (Å²) in [5.74, 6) is -2.75. The number of hydrogen-bond donors (Lipinski definition) is 1. The van der Waals surface area contributed by atoms with Crippen LogP contribution in [0.5, 0.6) is 0 Å². The van der Waals surface area contributed by atoms with Crippen molar-refractivity contribution in [3.8, 4) is 0 Å². The highest BCUT2D eigenvalue weighted by molar-refractivity contribution is 5.57. The van der Waals surface area contributed by atoms with Gasteiger partial charge in [-0.15, -0.1) is 5.10 Å². The SMILES string of the molecule is Cc1cccn2nc(C3c4nc[nH]c4CCN3c3nnc(C4CC(F)(F)C4)o3)cc12. The molecule has 1 saturated carbocycles. The van der Waals surface area contributed by atoms with Gasteiger partial charge in [0.1, 0.15) is 6.04 Å². The second-order valence-corrected chi connectivity index (χ2v) is 8.09. The first kappa shape index (κ1) is 17.5. The van der Waals surface area contributed by atoms with E-state index in [1.165, 1.54) is 0 Å². The van der Waals surface area contributed by atoms with Crippen LogP contribution in [0.2, 0.25) is 0 Å². The number of aromatic amines is 1. The predicted octanol–water partition coefficient (Wildman–Crippen LogP) is 3.41. The van der Waals surface area contributed by atoms with Crippen molar-refractivity contribution in [2.45, 2.75) is 44.1 Å². The maximum absolute atomic E-state index is 13.3. The molecule has 0 saturated heterocycles. The van der Waals surface area contributed by atoms with E-state index in [-0.39, 0.29) is 30.7 Å². The molecule has 1 atom stereocenters. The van der Waals surface area contributed by atoms with Crippen molar-refractivity contribution in [3.63, 3.8) is 0 Å². The number of imidazole rings is 1. The zero-order valence-corrected chi connectivity index (χ0v) is 16.2. The van der Waals surface area contributed by atoms with Gasteiger partial charge >= 0.3 is 6.01 Å². The lowest BCUT2D eigenvalue weighted by atomic mass is 9.81. The summed E-state index contributed by atoms with van der Waals surface area (Å²) >= 11 is 0. The van der Waals surface area contributed by atoms with E-state index in [0.29, 0.717) is 12.6 Å². The molecule has 30 heavy (non-hydrogen) atoms. The third-order valence-electron chi connectivity index (χ3n) is 6.05. The minimum atomic E-state index is -2.63. The maximum Gasteiger partial charge on any atom is 0.319 e. The Morgan fingerprint density at radius 3 is 2.93 bits per heavy atom. The van der Waals surface area contributed by atoms with Crippen molar-refractivity contribution < 1.29 is 13.2 Å². The number of H-pyrrole nitrogens is 1. The van der Waals surface area contributed by atoms with Gasteiger partial charge in [-0.3, -0.25) is 0 Å². The molecule has 1 fully saturated rings. The highest BCUT2D eigenvalue weighted by Crippen LogP contribution is 2.48. The third-order valence-corrected chi connectivity index (χ3v) is 6.05. The summed E-state index contributed by atoms with van der Waals surface area (Å²) in [6, 6.07) is 6.04. The van der Waals surface area contributed by atoms with Gasteiger partial charge in [-0.25, -0.2) is 18.3 Å². The standard InChI is InChI=1S/C20H19F2N7O/c1-11-3-2-5-29-15(11)7-14(27-29)17-16-13(23-10-24-16)4-6-28(17)19-26-25-18(30-19)12-8-20(21,22)9-12/h2-3,5,7,10,12,17H,4,6,8-9H2,1H3,(H,23,24). The highest BCUT2D eigenvalue weighted by Gasteiger charge is 2.48. The van der Waals surface area contributed by atoms with Crippen LogP contribution in [0, 0.1) is 6.92 Å². The van der Waals surface area contributed by atoms with Gasteiger partial charge < -0.3 is 14.3 Å². The zero-order chi connectivity index (χ0) is 20.5. The van der Waals surface area contributed by atoms with E-state index in [1.54, 1.807) is 6.33 Å². The van der Waals surface area contributed by atoms with Crippen LogP contribution in [-0.4, -0.2) is 42.2 Å². The predicted molar refractivity (Wildman–Crippen MR) is 103 cm³/mol. The van der Waals surface area contributed by atoms with E-state index in [4.69, 9.17) is 9.52 Å². The first-order chi connectivity index (χ1) is 14.5. The van der Waals surface area contributed by atoms with Crippen molar-refractivity contribution in [2.75, 3.05) is 11.4 Å². The Morgan fingerprint density at radius 2 is 2.13 bits per heavy atom. The van der Waals surface area contributed by atoms with Crippen LogP contribution in [-0.2, 0) is 6.42 Å². The van der Waals surface area contributed by atoms with E-state index in [0.717, 1.165) is 34.6 Å². The molecule has 1 N–H and O–H groups in total. The fourth-order valence-electron chi connectivity index (χ4n) is 4.43. The number of alkyl halides is 2. The number of nitrogens with zero attached hydrogens (tertiary/aromatic N) is 6. The van der Waals surface area contributed by atoms with Gasteiger partial charge in [0.15, 0.2) is 0 Å². The third kappa shape index (κ3) is 2.62. The quantitative estimate of drug-likeness (QED) is 0.556. The Hall–Kier alpha value is -3.30. The van der Waals surface area contributed by atoms with Gasteiger partial charge in [0.25, 0.3) is 0 Å². The molecule has 4 aromatic heterocycles. The van der Waals surface area contributed by atoms with Gasteiger partial charge in [0.2, 0.25) is 11.8 Å². The van der Waals surface area contributed by atoms with Crippen LogP contribution in [0.3, 0.4) is 0 Å². The maximum atomic E-state index is 13.3. The summed E-state index contributed by atoms with van der Waals surface area (Å²) in [5.41, 5.74) is 4.85. The summed E-state index contributed by atoms with van der Waals surface area (Å²) in [6.07, 6.45) is 3.84. The average molecular weight is 411 g/mol. The smallest absolute Gasteiger partial charge is 0.319 e. The first-order valence-electron chi connectivity index (χ1n) is 9.93. The number of nitrogens with one attached hydrogen (secondary N) is 1. The summed E-state index contributed by atoms with van der Waals surface area (Å²) in [4.78, 5) is 9.70. The van der Waals surface area contributed by atoms with E-state index in [2.05, 4.69) is 20.2 Å². The molecule has 1 aliphatic heterocycles. The zero-order valence-electron chi connectivity index (χ0n) is 16.2. The average Bonchev–Trinajstić information content (AvgIpc) is 3.43. The van der Waals surface area contributed by atoms with Gasteiger partial charge in [-0.2, -0.15) is 5.10 Å². The number of pyridine rings is 1. The highest BCUT2D eigenvalue weighted by atomic mass is 19.3. The van der Waals surface area contributed by atoms with Gasteiger partial charge in [0, 0.05) is 43.6 Å². The molecule has 8 nitrogen and oxygen atoms in total. The number of fused-ring (bicyclic) bond motifs is 2. The fraction of sp³-hybridized carbons (Fsp3) is 0.400. The number of hydrogen-bond acceptors (Lipinski definition) is 6. The van der Waals surface area contributed by atoms with Gasteiger partial charge in [-0.05, 0) is 24.6 Å². The minimum Gasteiger partial charge on any atom is -0.408 e. The van der Waals surface area contributed by atoms with Crippen molar-refractivity contribution >= 4 is 11.5 Å². The number of aryl methyl sites for hydroxylation is 1. The molecule has 0 radical (unpaired) electrons. The first-order valence-corrected chi connectivity index (χ1v) is 9.93. The molecule has 1 aliphatic carbocycles. The van der Waals surface area contributed by atoms with Crippen molar-refractivity contribution in [1.82, 2.24) is 29.8 Å². The number of anilines is 1. The number of aromatic nitrogens is 6. The van der Waals surface area contributed by atoms with Crippen LogP contribution in [0.25, 0.3) is 5.52 Å². The minimum absolute atomic E-state index is 0.243. The Balaban J connectivity index is 1.41. The summed E-state index contributed by atoms with van der Waals surface area (Å²) in [5, 5.41) is 13.0. The van der Waals surface area contributed by atoms with Gasteiger partial charge in [0.05, 0.1) is 23.2 Å². The van der Waals surface area contributed by atoms with Crippen molar-refractivity contribution in [1.29, 1.82) is 0 Å². The van der Waals surface area contributed by atoms with Crippen LogP contribution in [0.4, 0.5) is 14.8 Å². The van der Waals surface area contributed by atoms with Crippen molar-refractivity contribution in [3.05, 3.63) is 59.3 Å². The van der Waals surface area contributed by atoms with Crippen LogP contribution >= 0.6 is 0 Å². The Labute approximate surface area is 169 Å². The van der Waals surface area contributed by atoms with E-state index < -0.39 is 5.92 Å². The largest absolute Gasteiger partial charge is 0.408 e. The van der Waals surface area contributed by atoms with Crippen molar-refractivity contribution in [2.24, 2.45) is 0 Å². The molecule has 4 aromatic rings. The second kappa shape index (κ2) is 6.10. The Kier molecular flexibility index (Phi) is 3.57. The summed E-state index contributed by atoms with van der Waals surface area (Å²) < 4.78 is 34.2. The molecule has 2 aliphatic rings. The Morgan fingerprint density at radius 1 is 1.27 bits per heavy atom. The molecule has 154 valence electrons. The van der Waals surface area contributed by atoms with E-state index >= 15 is 0 Å². The van der Waals surface area contributed by atoms with Gasteiger partial charge in [-0.1, -0.05) is 11.2 Å². The lowest BCUT2D eigenvalue weighted by Crippen LogP contribution is -2.37. The van der Waals surface area contributed by atoms with E-state index in [9.17, 15) is 8.78 Å². The summed E-state index contributed by atoms with van der Waals surface area (Å²) in [7, 11) is 0. The lowest BCUT2D eigenvalue weighted by molar-refractivity contribution is -0.0917. The van der Waals surface area contributed by atoms with Crippen LogP contribution in [0.15, 0.2) is 35.1 Å². The molecule has 6 rings (SSSR count). The molecular formula is C20H19F2N7O. The molecule has 10 heteroatoms. The molecule has 1 unspecified atom stereocenters. The topological polar surface area (TPSA) is 88.1 Å². The Bertz CT molecular complexity index is 1230.